The average Bonchev–Trinajstić information content (AvgIpc) is 2.93. The fourth-order valence-electron chi connectivity index (χ4n) is 2.16. The van der Waals surface area contributed by atoms with Crippen LogP contribution in [0.5, 0.6) is 0 Å². The van der Waals surface area contributed by atoms with Crippen molar-refractivity contribution >= 4 is 34.5 Å². The van der Waals surface area contributed by atoms with Crippen molar-refractivity contribution in [1.29, 1.82) is 0 Å². The number of hydrogen-bond acceptors (Lipinski definition) is 3. The molecule has 106 valence electrons. The Balaban J connectivity index is 1.76. The number of nitrogens with zero attached hydrogens (tertiary/aromatic N) is 1. The molecule has 0 bridgehead atoms. The van der Waals surface area contributed by atoms with E-state index >= 15 is 0 Å². The molecule has 1 unspecified atom stereocenters. The number of imidazole rings is 1. The quantitative estimate of drug-likeness (QED) is 0.796. The van der Waals surface area contributed by atoms with Gasteiger partial charge in [0.1, 0.15) is 5.52 Å². The highest BCUT2D eigenvalue weighted by Gasteiger charge is 2.42. The summed E-state index contributed by atoms with van der Waals surface area (Å²) in [5.74, 6) is -3.20. The van der Waals surface area contributed by atoms with Gasteiger partial charge < -0.3 is 4.98 Å². The maximum absolute atomic E-state index is 13.0. The number of para-hydroxylation sites is 1. The minimum absolute atomic E-state index is 0.190. The third-order valence-corrected chi connectivity index (χ3v) is 3.44. The van der Waals surface area contributed by atoms with E-state index in [2.05, 4.69) is 20.6 Å². The van der Waals surface area contributed by atoms with Gasteiger partial charge in [-0.25, -0.2) is 13.8 Å². The second-order valence-corrected chi connectivity index (χ2v) is 5.11. The van der Waals surface area contributed by atoms with E-state index in [4.69, 9.17) is 11.6 Å². The highest BCUT2D eigenvalue weighted by Crippen LogP contribution is 2.26. The van der Waals surface area contributed by atoms with Crippen LogP contribution >= 0.6 is 11.6 Å². The number of carbonyl (C=O) groups is 1. The Morgan fingerprint density at radius 1 is 1.50 bits per heavy atom. The lowest BCUT2D eigenvalue weighted by Crippen LogP contribution is -2.35. The predicted molar refractivity (Wildman–Crippen MR) is 71.1 cm³/mol. The lowest BCUT2D eigenvalue weighted by molar-refractivity contribution is -0.118. The second-order valence-electron chi connectivity index (χ2n) is 4.70. The first-order valence-corrected chi connectivity index (χ1v) is 6.39. The van der Waals surface area contributed by atoms with Crippen LogP contribution in [-0.4, -0.2) is 34.4 Å². The first-order chi connectivity index (χ1) is 9.44. The lowest BCUT2D eigenvalue weighted by Gasteiger charge is -2.09. The largest absolute Gasteiger partial charge is 0.324 e. The maximum atomic E-state index is 13.0. The molecule has 0 aliphatic carbocycles. The Kier molecular flexibility index (Phi) is 3.10. The summed E-state index contributed by atoms with van der Waals surface area (Å²) in [7, 11) is 0. The van der Waals surface area contributed by atoms with Gasteiger partial charge in [-0.15, -0.1) is 0 Å². The van der Waals surface area contributed by atoms with Crippen LogP contribution in [0.25, 0.3) is 11.0 Å². The smallest absolute Gasteiger partial charge is 0.262 e. The third-order valence-electron chi connectivity index (χ3n) is 3.13. The molecule has 0 saturated carbocycles. The molecule has 3 rings (SSSR count). The minimum atomic E-state index is -2.85. The highest BCUT2D eigenvalue weighted by atomic mass is 35.5. The van der Waals surface area contributed by atoms with Crippen molar-refractivity contribution in [3.05, 3.63) is 23.2 Å². The third kappa shape index (κ3) is 2.46. The maximum Gasteiger partial charge on any atom is 0.262 e. The van der Waals surface area contributed by atoms with E-state index in [9.17, 15) is 13.6 Å². The standard InChI is InChI=1S/C12H11ClF2N4O/c13-6-2-1-3-7-9(6)18-11(17-7)19-10(20)8-4-12(14,15)5-16-8/h1-3,8,16H,4-5H2,(H2,17,18,19,20). The second kappa shape index (κ2) is 4.68. The van der Waals surface area contributed by atoms with Crippen molar-refractivity contribution in [1.82, 2.24) is 15.3 Å². The number of alkyl halides is 2. The van der Waals surface area contributed by atoms with Crippen LogP contribution in [0.4, 0.5) is 14.7 Å². The Morgan fingerprint density at radius 3 is 2.95 bits per heavy atom. The molecule has 8 heteroatoms. The number of benzene rings is 1. The van der Waals surface area contributed by atoms with Gasteiger partial charge in [0, 0.05) is 6.42 Å². The molecule has 1 aromatic heterocycles. The van der Waals surface area contributed by atoms with Crippen molar-refractivity contribution in [3.8, 4) is 0 Å². The minimum Gasteiger partial charge on any atom is -0.324 e. The SMILES string of the molecule is O=C(Nc1nc2c(Cl)cccc2[nH]1)C1CC(F)(F)CN1. The van der Waals surface area contributed by atoms with E-state index in [1.807, 2.05) is 0 Å². The summed E-state index contributed by atoms with van der Waals surface area (Å²) in [6.45, 7) is -0.489. The summed E-state index contributed by atoms with van der Waals surface area (Å²) in [6.07, 6.45) is -0.514. The first kappa shape index (κ1) is 13.3. The number of aromatic amines is 1. The van der Waals surface area contributed by atoms with Crippen molar-refractivity contribution in [2.75, 3.05) is 11.9 Å². The van der Waals surface area contributed by atoms with Gasteiger partial charge in [-0.05, 0) is 12.1 Å². The zero-order valence-electron chi connectivity index (χ0n) is 10.2. The van der Waals surface area contributed by atoms with E-state index in [1.165, 1.54) is 0 Å². The summed E-state index contributed by atoms with van der Waals surface area (Å²) < 4.78 is 26.1. The molecule has 1 atom stereocenters. The molecule has 1 aliphatic rings. The Hall–Kier alpha value is -1.73. The number of fused-ring (bicyclic) bond motifs is 1. The molecule has 1 fully saturated rings. The van der Waals surface area contributed by atoms with Crippen molar-refractivity contribution < 1.29 is 13.6 Å². The van der Waals surface area contributed by atoms with Gasteiger partial charge in [-0.1, -0.05) is 17.7 Å². The summed E-state index contributed by atoms with van der Waals surface area (Å²) >= 11 is 5.96. The number of carbonyl (C=O) groups excluding carboxylic acids is 1. The number of nitrogens with one attached hydrogen (secondary N) is 3. The van der Waals surface area contributed by atoms with Crippen molar-refractivity contribution in [3.63, 3.8) is 0 Å². The van der Waals surface area contributed by atoms with Crippen LogP contribution < -0.4 is 10.6 Å². The Bertz CT molecular complexity index is 673. The molecule has 20 heavy (non-hydrogen) atoms. The zero-order valence-corrected chi connectivity index (χ0v) is 11.0. The molecule has 1 aromatic carbocycles. The summed E-state index contributed by atoms with van der Waals surface area (Å²) in [4.78, 5) is 18.9. The number of amides is 1. The van der Waals surface area contributed by atoms with Gasteiger partial charge >= 0.3 is 0 Å². The van der Waals surface area contributed by atoms with Crippen LogP contribution in [0.1, 0.15) is 6.42 Å². The van der Waals surface area contributed by atoms with E-state index in [1.54, 1.807) is 18.2 Å². The molecule has 0 radical (unpaired) electrons. The topological polar surface area (TPSA) is 69.8 Å². The summed E-state index contributed by atoms with van der Waals surface area (Å²) in [5, 5.41) is 5.41. The van der Waals surface area contributed by atoms with Crippen LogP contribution in [0.15, 0.2) is 18.2 Å². The van der Waals surface area contributed by atoms with Gasteiger partial charge in [0.25, 0.3) is 5.92 Å². The molecule has 1 aliphatic heterocycles. The fraction of sp³-hybridized carbons (Fsp3) is 0.333. The number of H-pyrrole nitrogens is 1. The Morgan fingerprint density at radius 2 is 2.30 bits per heavy atom. The molecule has 3 N–H and O–H groups in total. The number of aromatic nitrogens is 2. The van der Waals surface area contributed by atoms with Crippen LogP contribution in [0.3, 0.4) is 0 Å². The Labute approximate surface area is 117 Å². The van der Waals surface area contributed by atoms with Crippen LogP contribution in [0.2, 0.25) is 5.02 Å². The lowest BCUT2D eigenvalue weighted by atomic mass is 10.2. The number of halogens is 3. The van der Waals surface area contributed by atoms with Crippen molar-refractivity contribution in [2.45, 2.75) is 18.4 Å². The summed E-state index contributed by atoms with van der Waals surface area (Å²) in [5.41, 5.74) is 1.19. The first-order valence-electron chi connectivity index (χ1n) is 6.01. The fourth-order valence-corrected chi connectivity index (χ4v) is 2.38. The molecule has 2 heterocycles. The molecule has 0 spiro atoms. The van der Waals surface area contributed by atoms with E-state index in [-0.39, 0.29) is 5.95 Å². The van der Waals surface area contributed by atoms with E-state index < -0.39 is 30.8 Å². The van der Waals surface area contributed by atoms with Gasteiger partial charge in [0.15, 0.2) is 0 Å². The summed E-state index contributed by atoms with van der Waals surface area (Å²) in [6, 6.07) is 4.25. The number of anilines is 1. The van der Waals surface area contributed by atoms with Gasteiger partial charge in [0.2, 0.25) is 11.9 Å². The molecule has 2 aromatic rings. The highest BCUT2D eigenvalue weighted by molar-refractivity contribution is 6.35. The van der Waals surface area contributed by atoms with Gasteiger partial charge in [0.05, 0.1) is 23.1 Å². The van der Waals surface area contributed by atoms with Crippen LogP contribution in [-0.2, 0) is 4.79 Å². The van der Waals surface area contributed by atoms with Gasteiger partial charge in [-0.3, -0.25) is 15.4 Å². The normalized spacial score (nSPS) is 21.2. The molecule has 1 amide bonds. The zero-order chi connectivity index (χ0) is 14.3. The van der Waals surface area contributed by atoms with Crippen molar-refractivity contribution in [2.24, 2.45) is 0 Å². The molecule has 5 nitrogen and oxygen atoms in total. The monoisotopic (exact) mass is 300 g/mol. The van der Waals surface area contributed by atoms with E-state index in [0.717, 1.165) is 0 Å². The molecule has 1 saturated heterocycles. The average molecular weight is 301 g/mol. The van der Waals surface area contributed by atoms with Crippen LogP contribution in [0, 0.1) is 0 Å². The molecular weight excluding hydrogens is 290 g/mol. The van der Waals surface area contributed by atoms with E-state index in [0.29, 0.717) is 16.1 Å². The predicted octanol–water partition coefficient (Wildman–Crippen LogP) is 2.15. The number of hydrogen-bond donors (Lipinski definition) is 3. The van der Waals surface area contributed by atoms with Gasteiger partial charge in [-0.2, -0.15) is 0 Å². The number of rotatable bonds is 2. The molecular formula is C12H11ClF2N4O.